The van der Waals surface area contributed by atoms with Gasteiger partial charge < -0.3 is 64.2 Å². The van der Waals surface area contributed by atoms with E-state index in [1.807, 2.05) is 0 Å². The standard InChI is InChI=1S/C51H90O14/c1-3-5-7-9-11-13-15-17-18-19-20-21-23-25-27-29-31-33-35-60-37-40(63-43(53)34-32-30-28-26-24-22-16-14-12-10-8-6-4-2)38-61-50-49(59)47(57)45(55)42(65-50)39-62-51-48(58)46(56)44(54)41(36-52)64-51/h5,7,11,13,17-18,20-21,40-42,44-52,54-59H,3-4,6,8-10,12,14-16,19,22-39H2,1-2H3/b7-5-,13-11-,18-17-,21-20-. The van der Waals surface area contributed by atoms with Crippen molar-refractivity contribution in [2.45, 2.75) is 235 Å². The molecule has 7 N–H and O–H groups in total. The van der Waals surface area contributed by atoms with Crippen molar-refractivity contribution >= 4 is 5.97 Å². The highest BCUT2D eigenvalue weighted by atomic mass is 16.7. The summed E-state index contributed by atoms with van der Waals surface area (Å²) in [6, 6.07) is 0. The van der Waals surface area contributed by atoms with E-state index < -0.39 is 80.7 Å². The fourth-order valence-electron chi connectivity index (χ4n) is 7.75. The summed E-state index contributed by atoms with van der Waals surface area (Å²) < 4.78 is 34.2. The molecule has 0 amide bonds. The van der Waals surface area contributed by atoms with Gasteiger partial charge in [0, 0.05) is 13.0 Å². The van der Waals surface area contributed by atoms with E-state index in [1.165, 1.54) is 57.8 Å². The molecule has 0 aromatic rings. The first kappa shape index (κ1) is 59.1. The molecule has 2 rings (SSSR count). The zero-order chi connectivity index (χ0) is 47.3. The highest BCUT2D eigenvalue weighted by Crippen LogP contribution is 2.26. The van der Waals surface area contributed by atoms with Gasteiger partial charge in [0.2, 0.25) is 0 Å². The zero-order valence-electron chi connectivity index (χ0n) is 40.0. The summed E-state index contributed by atoms with van der Waals surface area (Å²) in [5.41, 5.74) is 0. The second-order valence-corrected chi connectivity index (χ2v) is 17.6. The van der Waals surface area contributed by atoms with Gasteiger partial charge in [-0.2, -0.15) is 0 Å². The van der Waals surface area contributed by atoms with Crippen LogP contribution in [0.25, 0.3) is 0 Å². The van der Waals surface area contributed by atoms with Gasteiger partial charge in [0.05, 0.1) is 26.4 Å². The van der Waals surface area contributed by atoms with Crippen LogP contribution >= 0.6 is 0 Å². The lowest BCUT2D eigenvalue weighted by Crippen LogP contribution is -2.61. The lowest BCUT2D eigenvalue weighted by molar-refractivity contribution is -0.332. The first-order chi connectivity index (χ1) is 31.6. The van der Waals surface area contributed by atoms with E-state index in [0.29, 0.717) is 13.0 Å². The van der Waals surface area contributed by atoms with Crippen molar-refractivity contribution in [2.75, 3.05) is 33.0 Å². The molecule has 2 aliphatic rings. The number of ether oxygens (including phenoxy) is 6. The molecule has 0 saturated carbocycles. The number of hydrogen-bond donors (Lipinski definition) is 7. The van der Waals surface area contributed by atoms with Crippen molar-refractivity contribution in [1.29, 1.82) is 0 Å². The van der Waals surface area contributed by atoms with E-state index in [0.717, 1.165) is 83.5 Å². The molecule has 65 heavy (non-hydrogen) atoms. The topological polar surface area (TPSA) is 214 Å². The normalized spacial score (nSPS) is 26.9. The third-order valence-corrected chi connectivity index (χ3v) is 11.9. The number of aliphatic hydroxyl groups excluding tert-OH is 7. The van der Waals surface area contributed by atoms with Crippen LogP contribution in [0.4, 0.5) is 0 Å². The fraction of sp³-hybridized carbons (Fsp3) is 0.824. The minimum Gasteiger partial charge on any atom is -0.457 e. The van der Waals surface area contributed by atoms with E-state index in [-0.39, 0.29) is 25.6 Å². The first-order valence-electron chi connectivity index (χ1n) is 25.2. The van der Waals surface area contributed by atoms with E-state index in [2.05, 4.69) is 62.5 Å². The van der Waals surface area contributed by atoms with E-state index >= 15 is 0 Å². The van der Waals surface area contributed by atoms with E-state index in [9.17, 15) is 40.5 Å². The molecule has 378 valence electrons. The van der Waals surface area contributed by atoms with Crippen LogP contribution in [-0.4, -0.2) is 142 Å². The number of aliphatic hydroxyl groups is 7. The minimum absolute atomic E-state index is 0.0494. The van der Waals surface area contributed by atoms with Gasteiger partial charge >= 0.3 is 5.97 Å². The Bertz CT molecular complexity index is 1260. The number of hydrogen-bond acceptors (Lipinski definition) is 14. The fourth-order valence-corrected chi connectivity index (χ4v) is 7.75. The molecule has 2 aliphatic heterocycles. The van der Waals surface area contributed by atoms with Gasteiger partial charge in [0.1, 0.15) is 54.9 Å². The van der Waals surface area contributed by atoms with Crippen LogP contribution in [0.2, 0.25) is 0 Å². The first-order valence-corrected chi connectivity index (χ1v) is 25.2. The van der Waals surface area contributed by atoms with Crippen molar-refractivity contribution in [3.8, 4) is 0 Å². The van der Waals surface area contributed by atoms with Crippen LogP contribution in [0.3, 0.4) is 0 Å². The third kappa shape index (κ3) is 26.9. The molecule has 14 heteroatoms. The van der Waals surface area contributed by atoms with Gasteiger partial charge in [-0.25, -0.2) is 0 Å². The Kier molecular flexibility index (Phi) is 35.3. The molecule has 2 saturated heterocycles. The summed E-state index contributed by atoms with van der Waals surface area (Å²) in [4.78, 5) is 13.0. The van der Waals surface area contributed by atoms with Crippen molar-refractivity contribution in [1.82, 2.24) is 0 Å². The molecule has 0 radical (unpaired) electrons. The number of allylic oxidation sites excluding steroid dienone is 8. The quantitative estimate of drug-likeness (QED) is 0.0185. The summed E-state index contributed by atoms with van der Waals surface area (Å²) in [5.74, 6) is -0.384. The Hall–Kier alpha value is -2.05. The maximum Gasteiger partial charge on any atom is 0.306 e. The van der Waals surface area contributed by atoms with E-state index in [1.54, 1.807) is 0 Å². The van der Waals surface area contributed by atoms with Crippen LogP contribution in [0.1, 0.15) is 168 Å². The molecule has 11 unspecified atom stereocenters. The highest BCUT2D eigenvalue weighted by Gasteiger charge is 2.47. The number of carbonyl (C=O) groups excluding carboxylic acids is 1. The lowest BCUT2D eigenvalue weighted by Gasteiger charge is -2.42. The van der Waals surface area contributed by atoms with Crippen LogP contribution in [0.5, 0.6) is 0 Å². The number of unbranched alkanes of at least 4 members (excludes halogenated alkanes) is 17. The summed E-state index contributed by atoms with van der Waals surface area (Å²) in [6.45, 7) is 3.52. The summed E-state index contributed by atoms with van der Waals surface area (Å²) in [6.07, 6.45) is 27.4. The maximum atomic E-state index is 13.0. The molecule has 0 spiro atoms. The molecule has 0 aromatic heterocycles. The van der Waals surface area contributed by atoms with Gasteiger partial charge in [0.25, 0.3) is 0 Å². The number of carbonyl (C=O) groups is 1. The number of rotatable bonds is 39. The summed E-state index contributed by atoms with van der Waals surface area (Å²) in [7, 11) is 0. The van der Waals surface area contributed by atoms with Gasteiger partial charge in [-0.05, 0) is 51.4 Å². The second-order valence-electron chi connectivity index (χ2n) is 17.6. The monoisotopic (exact) mass is 927 g/mol. The molecule has 2 heterocycles. The molecule has 2 fully saturated rings. The van der Waals surface area contributed by atoms with Crippen LogP contribution < -0.4 is 0 Å². The molecule has 14 nitrogen and oxygen atoms in total. The highest BCUT2D eigenvalue weighted by molar-refractivity contribution is 5.69. The lowest BCUT2D eigenvalue weighted by atomic mass is 9.98. The Balaban J connectivity index is 1.78. The Labute approximate surface area is 391 Å². The molecular weight excluding hydrogens is 837 g/mol. The number of esters is 1. The average molecular weight is 927 g/mol. The Morgan fingerprint density at radius 1 is 0.523 bits per heavy atom. The SMILES string of the molecule is CC/C=C\C/C=C\C/C=C\C/C=C\CCCCCCCOCC(COC1OC(COC2OC(CO)C(O)C(O)C2O)C(O)C(O)C1O)OC(=O)CCCCCCCCCCCCCCC. The summed E-state index contributed by atoms with van der Waals surface area (Å²) >= 11 is 0. The van der Waals surface area contributed by atoms with E-state index in [4.69, 9.17) is 28.4 Å². The van der Waals surface area contributed by atoms with Crippen molar-refractivity contribution in [3.05, 3.63) is 48.6 Å². The minimum atomic E-state index is -1.71. The van der Waals surface area contributed by atoms with Crippen molar-refractivity contribution in [3.63, 3.8) is 0 Å². The average Bonchev–Trinajstić information content (AvgIpc) is 3.30. The van der Waals surface area contributed by atoms with Crippen LogP contribution in [0, 0.1) is 0 Å². The predicted molar refractivity (Wildman–Crippen MR) is 252 cm³/mol. The zero-order valence-corrected chi connectivity index (χ0v) is 40.0. The molecule has 0 bridgehead atoms. The molecule has 0 aliphatic carbocycles. The summed E-state index contributed by atoms with van der Waals surface area (Å²) in [5, 5.41) is 72.1. The predicted octanol–water partition coefficient (Wildman–Crippen LogP) is 7.18. The van der Waals surface area contributed by atoms with Crippen LogP contribution in [-0.2, 0) is 33.2 Å². The van der Waals surface area contributed by atoms with Crippen molar-refractivity contribution in [2.24, 2.45) is 0 Å². The Morgan fingerprint density at radius 2 is 1.00 bits per heavy atom. The van der Waals surface area contributed by atoms with Crippen molar-refractivity contribution < 1.29 is 69.0 Å². The second kappa shape index (κ2) is 38.9. The maximum absolute atomic E-state index is 13.0. The molecule has 11 atom stereocenters. The van der Waals surface area contributed by atoms with Gasteiger partial charge in [0.15, 0.2) is 12.6 Å². The molecule has 0 aromatic carbocycles. The van der Waals surface area contributed by atoms with Gasteiger partial charge in [-0.3, -0.25) is 4.79 Å². The Morgan fingerprint density at radius 3 is 1.57 bits per heavy atom. The molecular formula is C51H90O14. The third-order valence-electron chi connectivity index (χ3n) is 11.9. The van der Waals surface area contributed by atoms with Gasteiger partial charge in [-0.15, -0.1) is 0 Å². The smallest absolute Gasteiger partial charge is 0.306 e. The largest absolute Gasteiger partial charge is 0.457 e. The van der Waals surface area contributed by atoms with Gasteiger partial charge in [-0.1, -0.05) is 159 Å². The van der Waals surface area contributed by atoms with Crippen LogP contribution in [0.15, 0.2) is 48.6 Å².